The van der Waals surface area contributed by atoms with Crippen molar-refractivity contribution in [3.05, 3.63) is 58.3 Å². The number of ether oxygens (including phenoxy) is 3. The number of rotatable bonds is 6. The molecule has 4 aromatic rings. The summed E-state index contributed by atoms with van der Waals surface area (Å²) in [6.45, 7) is 1.51. The molecule has 5 rings (SSSR count). The zero-order valence-corrected chi connectivity index (χ0v) is 21.8. The van der Waals surface area contributed by atoms with Crippen molar-refractivity contribution in [2.45, 2.75) is 13.0 Å². The van der Waals surface area contributed by atoms with Gasteiger partial charge in [-0.1, -0.05) is 12.1 Å². The number of thiophene rings is 1. The third-order valence-corrected chi connectivity index (χ3v) is 7.62. The van der Waals surface area contributed by atoms with Crippen molar-refractivity contribution in [3.8, 4) is 28.4 Å². The molecule has 1 aliphatic heterocycles. The number of likely N-dealkylation sites (N-methyl/N-ethyl adjacent to an activating group) is 1. The molecule has 0 unspecified atom stereocenters. The number of hydrogen-bond donors (Lipinski definition) is 2. The summed E-state index contributed by atoms with van der Waals surface area (Å²) in [5, 5.41) is 3.30. The number of fused-ring (bicyclic) bond motifs is 2. The van der Waals surface area contributed by atoms with Crippen molar-refractivity contribution in [3.63, 3.8) is 0 Å². The second-order valence-electron chi connectivity index (χ2n) is 8.77. The minimum atomic E-state index is -0.525. The van der Waals surface area contributed by atoms with Crippen LogP contribution >= 0.6 is 11.3 Å². The average molecular weight is 523 g/mol. The molecule has 192 valence electrons. The molecule has 37 heavy (non-hydrogen) atoms. The van der Waals surface area contributed by atoms with Crippen LogP contribution in [0.3, 0.4) is 0 Å². The monoisotopic (exact) mass is 522 g/mol. The van der Waals surface area contributed by atoms with Crippen LogP contribution in [0.1, 0.15) is 20.9 Å². The van der Waals surface area contributed by atoms with E-state index in [4.69, 9.17) is 24.9 Å². The molecule has 3 heterocycles. The van der Waals surface area contributed by atoms with E-state index in [-0.39, 0.29) is 16.3 Å². The number of anilines is 2. The van der Waals surface area contributed by atoms with Crippen molar-refractivity contribution in [2.24, 2.45) is 0 Å². The fourth-order valence-electron chi connectivity index (χ4n) is 4.69. The summed E-state index contributed by atoms with van der Waals surface area (Å²) in [5.41, 5.74) is 10.6. The number of hydrogen-bond acceptors (Lipinski definition) is 8. The summed E-state index contributed by atoms with van der Waals surface area (Å²) < 4.78 is 31.1. The van der Waals surface area contributed by atoms with Crippen LogP contribution in [0.2, 0.25) is 0 Å². The molecule has 0 spiro atoms. The zero-order valence-electron chi connectivity index (χ0n) is 21.0. The van der Waals surface area contributed by atoms with Gasteiger partial charge in [0.1, 0.15) is 21.3 Å². The molecule has 0 atom stereocenters. The van der Waals surface area contributed by atoms with E-state index in [0.29, 0.717) is 34.0 Å². The molecule has 0 bridgehead atoms. The van der Waals surface area contributed by atoms with Gasteiger partial charge >= 0.3 is 0 Å². The molecule has 1 aliphatic rings. The molecule has 2 aromatic heterocycles. The van der Waals surface area contributed by atoms with Gasteiger partial charge in [-0.25, -0.2) is 9.37 Å². The lowest BCUT2D eigenvalue weighted by atomic mass is 9.91. The third kappa shape index (κ3) is 4.32. The lowest BCUT2D eigenvalue weighted by Gasteiger charge is -2.27. The highest BCUT2D eigenvalue weighted by molar-refractivity contribution is 7.21. The van der Waals surface area contributed by atoms with E-state index >= 15 is 0 Å². The van der Waals surface area contributed by atoms with E-state index < -0.39 is 11.7 Å². The number of nitrogens with one attached hydrogen (secondary N) is 1. The maximum atomic E-state index is 14.2. The second-order valence-corrected chi connectivity index (χ2v) is 9.77. The Bertz CT molecular complexity index is 1520. The number of benzene rings is 2. The van der Waals surface area contributed by atoms with E-state index in [0.717, 1.165) is 35.3 Å². The normalized spacial score (nSPS) is 13.3. The minimum Gasteiger partial charge on any atom is -0.496 e. The van der Waals surface area contributed by atoms with Gasteiger partial charge in [0.15, 0.2) is 11.5 Å². The van der Waals surface area contributed by atoms with Crippen LogP contribution in [-0.4, -0.2) is 50.7 Å². The van der Waals surface area contributed by atoms with Crippen LogP contribution in [0, 0.1) is 5.82 Å². The molecule has 0 radical (unpaired) electrons. The van der Waals surface area contributed by atoms with Crippen molar-refractivity contribution in [1.82, 2.24) is 9.88 Å². The summed E-state index contributed by atoms with van der Waals surface area (Å²) in [5.74, 6) is 0.618. The van der Waals surface area contributed by atoms with Crippen LogP contribution in [-0.2, 0) is 13.0 Å². The number of para-hydroxylation sites is 1. The highest BCUT2D eigenvalue weighted by atomic mass is 32.1. The number of aromatic nitrogens is 1. The number of methoxy groups -OCH3 is 3. The van der Waals surface area contributed by atoms with Crippen LogP contribution < -0.4 is 25.3 Å². The molecule has 0 saturated carbocycles. The quantitative estimate of drug-likeness (QED) is 0.370. The van der Waals surface area contributed by atoms with E-state index in [9.17, 15) is 9.18 Å². The Labute approximate surface area is 217 Å². The molecular formula is C27H27FN4O4S. The molecule has 3 N–H and O–H groups in total. The summed E-state index contributed by atoms with van der Waals surface area (Å²) in [4.78, 5) is 21.3. The first-order valence-electron chi connectivity index (χ1n) is 11.6. The van der Waals surface area contributed by atoms with Gasteiger partial charge in [0.2, 0.25) is 0 Å². The molecule has 1 amide bonds. The largest absolute Gasteiger partial charge is 0.496 e. The van der Waals surface area contributed by atoms with Crippen LogP contribution in [0.15, 0.2) is 36.4 Å². The van der Waals surface area contributed by atoms with E-state index in [1.54, 1.807) is 39.5 Å². The van der Waals surface area contributed by atoms with Gasteiger partial charge in [-0.2, -0.15) is 0 Å². The van der Waals surface area contributed by atoms with Crippen LogP contribution in [0.4, 0.5) is 15.8 Å². The van der Waals surface area contributed by atoms with E-state index in [2.05, 4.69) is 10.2 Å². The number of amides is 1. The Balaban J connectivity index is 1.76. The van der Waals surface area contributed by atoms with Gasteiger partial charge in [-0.15, -0.1) is 11.3 Å². The Morgan fingerprint density at radius 1 is 1.11 bits per heavy atom. The number of nitrogens with two attached hydrogens (primary N) is 1. The average Bonchev–Trinajstić information content (AvgIpc) is 3.23. The van der Waals surface area contributed by atoms with Gasteiger partial charge in [-0.05, 0) is 30.8 Å². The fourth-order valence-corrected chi connectivity index (χ4v) is 5.71. The number of nitrogen functional groups attached to an aromatic ring is 1. The summed E-state index contributed by atoms with van der Waals surface area (Å²) >= 11 is 1.19. The molecule has 8 nitrogen and oxygen atoms in total. The smallest absolute Gasteiger partial charge is 0.268 e. The minimum absolute atomic E-state index is 0.0834. The maximum absolute atomic E-state index is 14.2. The SMILES string of the molecule is COc1cc(OC)c(-c2c3c(nc4sc(C(=O)Nc5ccccc5F)c(N)c24)CCN(C)C3)cc1OC. The predicted molar refractivity (Wildman–Crippen MR) is 144 cm³/mol. The molecule has 2 aromatic carbocycles. The highest BCUT2D eigenvalue weighted by Gasteiger charge is 2.29. The highest BCUT2D eigenvalue weighted by Crippen LogP contribution is 2.48. The summed E-state index contributed by atoms with van der Waals surface area (Å²) in [6.07, 6.45) is 0.749. The van der Waals surface area contributed by atoms with Crippen LogP contribution in [0.25, 0.3) is 21.3 Å². The first-order chi connectivity index (χ1) is 17.9. The van der Waals surface area contributed by atoms with Crippen molar-refractivity contribution >= 4 is 38.8 Å². The fraction of sp³-hybridized carbons (Fsp3) is 0.259. The lowest BCUT2D eigenvalue weighted by molar-refractivity contribution is 0.103. The Kier molecular flexibility index (Phi) is 6.61. The van der Waals surface area contributed by atoms with Crippen molar-refractivity contribution < 1.29 is 23.4 Å². The first-order valence-corrected chi connectivity index (χ1v) is 12.5. The van der Waals surface area contributed by atoms with E-state index in [1.165, 1.54) is 23.5 Å². The maximum Gasteiger partial charge on any atom is 0.268 e. The van der Waals surface area contributed by atoms with Crippen molar-refractivity contribution in [1.29, 1.82) is 0 Å². The number of pyridine rings is 1. The number of nitrogens with zero attached hydrogens (tertiary/aromatic N) is 2. The lowest BCUT2D eigenvalue weighted by Crippen LogP contribution is -2.28. The number of carbonyl (C=O) groups is 1. The molecule has 10 heteroatoms. The van der Waals surface area contributed by atoms with Crippen molar-refractivity contribution in [2.75, 3.05) is 46.0 Å². The van der Waals surface area contributed by atoms with Gasteiger partial charge < -0.3 is 30.2 Å². The predicted octanol–water partition coefficient (Wildman–Crippen LogP) is 4.95. The molecule has 0 saturated heterocycles. The number of carbonyl (C=O) groups excluding carboxylic acids is 1. The van der Waals surface area contributed by atoms with Gasteiger partial charge in [0.25, 0.3) is 5.91 Å². The second kappa shape index (κ2) is 9.87. The number of halogens is 1. The molecular weight excluding hydrogens is 495 g/mol. The zero-order chi connectivity index (χ0) is 26.3. The van der Waals surface area contributed by atoms with Crippen LogP contribution in [0.5, 0.6) is 17.2 Å². The third-order valence-electron chi connectivity index (χ3n) is 6.52. The van der Waals surface area contributed by atoms with E-state index in [1.807, 2.05) is 13.1 Å². The summed E-state index contributed by atoms with van der Waals surface area (Å²) in [7, 11) is 6.78. The first kappa shape index (κ1) is 24.8. The standard InChI is InChI=1S/C27H27FN4O4S/c1-32-10-9-17-15(13-32)22(14-11-20(35-3)21(36-4)12-19(14)34-2)23-24(29)25(37-27(23)31-17)26(33)30-18-8-6-5-7-16(18)28/h5-8,11-12H,9-10,13,29H2,1-4H3,(H,30,33). The molecule has 0 aliphatic carbocycles. The Morgan fingerprint density at radius 3 is 2.51 bits per heavy atom. The Hall–Kier alpha value is -3.89. The van der Waals surface area contributed by atoms with Gasteiger partial charge in [-0.3, -0.25) is 4.79 Å². The van der Waals surface area contributed by atoms with Gasteiger partial charge in [0, 0.05) is 47.8 Å². The van der Waals surface area contributed by atoms with Gasteiger partial charge in [0.05, 0.1) is 32.7 Å². The Morgan fingerprint density at radius 2 is 1.81 bits per heavy atom. The topological polar surface area (TPSA) is 98.9 Å². The summed E-state index contributed by atoms with van der Waals surface area (Å²) in [6, 6.07) is 9.64. The molecule has 0 fully saturated rings.